The van der Waals surface area contributed by atoms with Crippen LogP contribution in [-0.2, 0) is 0 Å². The Kier molecular flexibility index (Phi) is 7.52. The van der Waals surface area contributed by atoms with Crippen LogP contribution in [0.25, 0.3) is 60.8 Å². The van der Waals surface area contributed by atoms with Gasteiger partial charge in [-0.05, 0) is 84.6 Å². The molecule has 9 rings (SSSR count). The van der Waals surface area contributed by atoms with E-state index in [1.54, 1.807) is 4.68 Å². The van der Waals surface area contributed by atoms with Crippen molar-refractivity contribution >= 4 is 43.6 Å². The maximum atomic E-state index is 9.21. The highest BCUT2D eigenvalue weighted by atomic mass is 16.5. The Morgan fingerprint density at radius 1 is 0.582 bits per heavy atom. The summed E-state index contributed by atoms with van der Waals surface area (Å²) in [5.74, 6) is -0.698. The predicted molar refractivity (Wildman–Crippen MR) is 226 cm³/mol. The molecule has 0 spiro atoms. The van der Waals surface area contributed by atoms with E-state index in [4.69, 9.17) is 11.1 Å². The van der Waals surface area contributed by atoms with Crippen molar-refractivity contribution in [1.29, 1.82) is 0 Å². The number of pyridine rings is 1. The lowest BCUT2D eigenvalue weighted by Crippen LogP contribution is -2.04. The fourth-order valence-corrected chi connectivity index (χ4v) is 7.95. The molecule has 274 valence electrons. The highest BCUT2D eigenvalue weighted by molar-refractivity contribution is 6.12. The second kappa shape index (κ2) is 13.3. The molecule has 9 aromatic rings. The summed E-state index contributed by atoms with van der Waals surface area (Å²) < 4.78 is 40.2. The Morgan fingerprint density at radius 3 is 1.91 bits per heavy atom. The molecular formula is C48H46N6O. The fourth-order valence-electron chi connectivity index (χ4n) is 7.95. The van der Waals surface area contributed by atoms with E-state index < -0.39 is 17.7 Å². The molecule has 0 aliphatic heterocycles. The van der Waals surface area contributed by atoms with Crippen LogP contribution in [0, 0.1) is 13.8 Å². The number of rotatable bonds is 8. The highest BCUT2D eigenvalue weighted by Gasteiger charge is 2.22. The maximum Gasteiger partial charge on any atom is 0.139 e. The van der Waals surface area contributed by atoms with Gasteiger partial charge in [-0.2, -0.15) is 0 Å². The summed E-state index contributed by atoms with van der Waals surface area (Å²) in [5.41, 5.74) is 9.87. The van der Waals surface area contributed by atoms with Gasteiger partial charge in [0.05, 0.1) is 44.8 Å². The minimum atomic E-state index is -0.884. The minimum Gasteiger partial charge on any atom is -0.457 e. The van der Waals surface area contributed by atoms with Crippen molar-refractivity contribution in [3.63, 3.8) is 0 Å². The van der Waals surface area contributed by atoms with E-state index in [9.17, 15) is 2.74 Å². The minimum absolute atomic E-state index is 0.593. The average Bonchev–Trinajstić information content (AvgIpc) is 3.81. The quantitative estimate of drug-likeness (QED) is 0.156. The van der Waals surface area contributed by atoms with Gasteiger partial charge in [-0.25, -0.2) is 9.67 Å². The van der Waals surface area contributed by atoms with E-state index in [-0.39, 0.29) is 0 Å². The molecule has 4 heterocycles. The zero-order valence-electron chi connectivity index (χ0n) is 35.6. The Labute approximate surface area is 326 Å². The maximum absolute atomic E-state index is 9.21. The molecule has 55 heavy (non-hydrogen) atoms. The summed E-state index contributed by atoms with van der Waals surface area (Å²) in [4.78, 5) is 5.00. The molecule has 0 saturated heterocycles. The van der Waals surface area contributed by atoms with Crippen LogP contribution in [0.5, 0.6) is 11.5 Å². The van der Waals surface area contributed by atoms with Crippen LogP contribution in [0.4, 0.5) is 0 Å². The molecule has 0 atom stereocenters. The number of benzene rings is 5. The number of nitrogens with zero attached hydrogens (tertiary/aromatic N) is 6. The monoisotopic (exact) mass is 725 g/mol. The van der Waals surface area contributed by atoms with E-state index in [1.807, 2.05) is 122 Å². The van der Waals surface area contributed by atoms with Gasteiger partial charge < -0.3 is 9.30 Å². The first-order valence-corrected chi connectivity index (χ1v) is 18.8. The normalized spacial score (nSPS) is 13.5. The van der Waals surface area contributed by atoms with E-state index in [2.05, 4.69) is 68.0 Å². The van der Waals surface area contributed by atoms with Crippen molar-refractivity contribution < 1.29 is 8.85 Å². The highest BCUT2D eigenvalue weighted by Crippen LogP contribution is 2.41. The Morgan fingerprint density at radius 2 is 1.25 bits per heavy atom. The number of para-hydroxylation sites is 3. The standard InChI is InChI=1S/C48H46N6O/c1-28(2)33-23-35(54-32(8)31(7)50-51-54)25-37(24-33)55-36-19-20-41-40-13-9-10-18-44(40)53(45(41)27-36)46-26-34(21-22-49-46)52-47-38(29(3)4)14-11-16-42(47)43-17-12-15-39(30(5)6)48(43)52/h9-30H,1-8H3/i28D,29D,30D. The van der Waals surface area contributed by atoms with Gasteiger partial charge in [0.2, 0.25) is 0 Å². The molecular weight excluding hydrogens is 677 g/mol. The van der Waals surface area contributed by atoms with Gasteiger partial charge in [0.1, 0.15) is 17.3 Å². The molecule has 0 radical (unpaired) electrons. The topological polar surface area (TPSA) is 62.7 Å². The summed E-state index contributed by atoms with van der Waals surface area (Å²) >= 11 is 0. The van der Waals surface area contributed by atoms with Gasteiger partial charge in [0, 0.05) is 50.1 Å². The van der Waals surface area contributed by atoms with Gasteiger partial charge in [-0.15, -0.1) is 5.10 Å². The molecule has 7 heteroatoms. The second-order valence-corrected chi connectivity index (χ2v) is 15.1. The zero-order valence-corrected chi connectivity index (χ0v) is 32.6. The van der Waals surface area contributed by atoms with Crippen molar-refractivity contribution in [2.45, 2.75) is 73.1 Å². The third-order valence-corrected chi connectivity index (χ3v) is 10.8. The molecule has 0 amide bonds. The van der Waals surface area contributed by atoms with E-state index in [0.717, 1.165) is 88.9 Å². The zero-order chi connectivity index (χ0) is 40.9. The van der Waals surface area contributed by atoms with Crippen LogP contribution >= 0.6 is 0 Å². The molecule has 4 aromatic heterocycles. The Hall–Kier alpha value is -6.21. The SMILES string of the molecule is [2H]C(C)(C)c1cc(Oc2ccc3c4ccccc4n(-c4cc(-n5c6c(C([2H])(C)C)cccc6c6cccc(C([2H])(C)C)c65)ccn4)c3c2)cc(-n2nnc(C)c2C)c1. The number of ether oxygens (including phenoxy) is 1. The molecule has 0 aliphatic carbocycles. The summed E-state index contributed by atoms with van der Waals surface area (Å²) in [6, 6.07) is 36.8. The van der Waals surface area contributed by atoms with E-state index >= 15 is 0 Å². The predicted octanol–water partition coefficient (Wildman–Crippen LogP) is 12.6. The van der Waals surface area contributed by atoms with Crippen LogP contribution in [0.2, 0.25) is 0 Å². The summed E-state index contributed by atoms with van der Waals surface area (Å²) in [6.07, 6.45) is 1.84. The average molecular weight is 726 g/mol. The summed E-state index contributed by atoms with van der Waals surface area (Å²) in [6.45, 7) is 15.4. The number of aromatic nitrogens is 6. The first-order chi connectivity index (χ1) is 27.5. The number of fused-ring (bicyclic) bond motifs is 6. The number of hydrogen-bond acceptors (Lipinski definition) is 4. The van der Waals surface area contributed by atoms with Crippen LogP contribution < -0.4 is 4.74 Å². The molecule has 7 nitrogen and oxygen atoms in total. The molecule has 0 fully saturated rings. The Bertz CT molecular complexity index is 3010. The van der Waals surface area contributed by atoms with Gasteiger partial charge in [-0.3, -0.25) is 4.57 Å². The Balaban J connectivity index is 1.25. The third-order valence-electron chi connectivity index (χ3n) is 10.8. The van der Waals surface area contributed by atoms with Crippen LogP contribution in [0.3, 0.4) is 0 Å². The van der Waals surface area contributed by atoms with Gasteiger partial charge >= 0.3 is 0 Å². The van der Waals surface area contributed by atoms with Gasteiger partial charge in [0.25, 0.3) is 0 Å². The lowest BCUT2D eigenvalue weighted by atomic mass is 9.98. The first kappa shape index (κ1) is 31.2. The van der Waals surface area contributed by atoms with Crippen LogP contribution in [0.15, 0.2) is 115 Å². The largest absolute Gasteiger partial charge is 0.457 e. The van der Waals surface area contributed by atoms with Crippen molar-refractivity contribution in [2.75, 3.05) is 0 Å². The van der Waals surface area contributed by atoms with Gasteiger partial charge in [0.15, 0.2) is 0 Å². The molecule has 5 aromatic carbocycles. The molecule has 0 unspecified atom stereocenters. The van der Waals surface area contributed by atoms with Gasteiger partial charge in [-0.1, -0.05) is 101 Å². The van der Waals surface area contributed by atoms with Crippen molar-refractivity contribution in [2.24, 2.45) is 0 Å². The van der Waals surface area contributed by atoms with E-state index in [1.165, 1.54) is 0 Å². The van der Waals surface area contributed by atoms with Crippen molar-refractivity contribution in [1.82, 2.24) is 29.1 Å². The van der Waals surface area contributed by atoms with E-state index in [0.29, 0.717) is 11.5 Å². The number of hydrogen-bond donors (Lipinski definition) is 0. The first-order valence-electron chi connectivity index (χ1n) is 20.3. The lowest BCUT2D eigenvalue weighted by molar-refractivity contribution is 0.481. The molecule has 0 N–H and O–H groups in total. The third kappa shape index (κ3) is 5.68. The van der Waals surface area contributed by atoms with Crippen LogP contribution in [0.1, 0.15) is 91.4 Å². The number of aryl methyl sites for hydroxylation is 1. The molecule has 0 bridgehead atoms. The summed E-state index contributed by atoms with van der Waals surface area (Å²) in [7, 11) is 0. The second-order valence-electron chi connectivity index (χ2n) is 15.1. The van der Waals surface area contributed by atoms with Crippen LogP contribution in [-0.4, -0.2) is 29.1 Å². The molecule has 0 saturated carbocycles. The fraction of sp³-hybridized carbons (Fsp3) is 0.229. The summed E-state index contributed by atoms with van der Waals surface area (Å²) in [5, 5.41) is 12.9. The smallest absolute Gasteiger partial charge is 0.139 e. The lowest BCUT2D eigenvalue weighted by Gasteiger charge is -2.17. The van der Waals surface area contributed by atoms with Crippen molar-refractivity contribution in [3.8, 4) is 28.7 Å². The molecule has 0 aliphatic rings. The van der Waals surface area contributed by atoms with Crippen molar-refractivity contribution in [3.05, 3.63) is 143 Å².